The van der Waals surface area contributed by atoms with Crippen LogP contribution in [0.15, 0.2) is 77.9 Å². The van der Waals surface area contributed by atoms with E-state index in [-0.39, 0.29) is 12.1 Å². The highest BCUT2D eigenvalue weighted by Gasteiger charge is 2.35. The summed E-state index contributed by atoms with van der Waals surface area (Å²) in [6.07, 6.45) is -0.00509. The SMILES string of the molecule is N#CC(c1ccccc1)c1ccc(NC(=O)C2=NN(c3ccc(F)cc3)C(C(N)=O)C2)cc1Cl. The van der Waals surface area contributed by atoms with Gasteiger partial charge in [-0.15, -0.1) is 0 Å². The summed E-state index contributed by atoms with van der Waals surface area (Å²) in [6, 6.07) is 20.9. The normalized spacial score (nSPS) is 15.9. The van der Waals surface area contributed by atoms with Crippen molar-refractivity contribution >= 4 is 40.5 Å². The van der Waals surface area contributed by atoms with Gasteiger partial charge in [-0.05, 0) is 47.5 Å². The highest BCUT2D eigenvalue weighted by molar-refractivity contribution is 6.44. The molecule has 0 fully saturated rings. The molecule has 0 aromatic heterocycles. The van der Waals surface area contributed by atoms with Gasteiger partial charge in [-0.2, -0.15) is 10.4 Å². The van der Waals surface area contributed by atoms with Crippen molar-refractivity contribution in [3.8, 4) is 6.07 Å². The molecule has 1 aliphatic rings. The lowest BCUT2D eigenvalue weighted by molar-refractivity contribution is -0.119. The third-order valence-corrected chi connectivity index (χ3v) is 5.75. The van der Waals surface area contributed by atoms with Crippen LogP contribution in [0.5, 0.6) is 0 Å². The lowest BCUT2D eigenvalue weighted by Crippen LogP contribution is -2.39. The van der Waals surface area contributed by atoms with Gasteiger partial charge in [0.1, 0.15) is 17.6 Å². The number of nitrogens with one attached hydrogen (secondary N) is 1. The van der Waals surface area contributed by atoms with Crippen molar-refractivity contribution in [3.05, 3.63) is 94.8 Å². The average molecular weight is 476 g/mol. The van der Waals surface area contributed by atoms with Crippen LogP contribution in [0.2, 0.25) is 5.02 Å². The quantitative estimate of drug-likeness (QED) is 0.556. The summed E-state index contributed by atoms with van der Waals surface area (Å²) in [5, 5.41) is 18.3. The molecule has 4 rings (SSSR count). The van der Waals surface area contributed by atoms with Crippen molar-refractivity contribution in [3.63, 3.8) is 0 Å². The van der Waals surface area contributed by atoms with E-state index in [9.17, 15) is 19.2 Å². The van der Waals surface area contributed by atoms with Gasteiger partial charge in [0.15, 0.2) is 0 Å². The molecule has 1 aliphatic heterocycles. The van der Waals surface area contributed by atoms with E-state index in [0.29, 0.717) is 22.0 Å². The number of carbonyl (C=O) groups excluding carboxylic acids is 2. The zero-order valence-corrected chi connectivity index (χ0v) is 18.5. The minimum atomic E-state index is -0.876. The highest BCUT2D eigenvalue weighted by atomic mass is 35.5. The van der Waals surface area contributed by atoms with Crippen molar-refractivity contribution in [2.75, 3.05) is 10.3 Å². The van der Waals surface area contributed by atoms with Gasteiger partial charge in [0.2, 0.25) is 5.91 Å². The molecule has 34 heavy (non-hydrogen) atoms. The molecule has 0 radical (unpaired) electrons. The van der Waals surface area contributed by atoms with Gasteiger partial charge in [-0.25, -0.2) is 4.39 Å². The molecule has 3 N–H and O–H groups in total. The van der Waals surface area contributed by atoms with Crippen LogP contribution in [0, 0.1) is 17.1 Å². The monoisotopic (exact) mass is 475 g/mol. The van der Waals surface area contributed by atoms with Crippen molar-refractivity contribution in [2.45, 2.75) is 18.4 Å². The topological polar surface area (TPSA) is 112 Å². The van der Waals surface area contributed by atoms with Crippen molar-refractivity contribution in [2.24, 2.45) is 10.8 Å². The predicted octanol–water partition coefficient (Wildman–Crippen LogP) is 4.19. The fraction of sp³-hybridized carbons (Fsp3) is 0.120. The van der Waals surface area contributed by atoms with Crippen LogP contribution in [0.3, 0.4) is 0 Å². The van der Waals surface area contributed by atoms with E-state index in [1.807, 2.05) is 30.3 Å². The third kappa shape index (κ3) is 4.75. The maximum absolute atomic E-state index is 13.3. The highest BCUT2D eigenvalue weighted by Crippen LogP contribution is 2.32. The second kappa shape index (κ2) is 9.73. The Labute approximate surface area is 200 Å². The van der Waals surface area contributed by atoms with E-state index in [4.69, 9.17) is 17.3 Å². The Balaban J connectivity index is 1.54. The molecule has 2 amide bonds. The minimum Gasteiger partial charge on any atom is -0.368 e. The molecule has 0 bridgehead atoms. The van der Waals surface area contributed by atoms with Crippen molar-refractivity contribution in [1.29, 1.82) is 5.26 Å². The van der Waals surface area contributed by atoms with Crippen LogP contribution in [0.25, 0.3) is 0 Å². The number of benzene rings is 3. The van der Waals surface area contributed by atoms with Gasteiger partial charge in [0.25, 0.3) is 5.91 Å². The van der Waals surface area contributed by atoms with Crippen LogP contribution >= 0.6 is 11.6 Å². The van der Waals surface area contributed by atoms with E-state index in [2.05, 4.69) is 16.5 Å². The van der Waals surface area contributed by atoms with E-state index in [0.717, 1.165) is 5.56 Å². The first-order chi connectivity index (χ1) is 16.4. The molecule has 0 aliphatic carbocycles. The molecular formula is C25H19ClFN5O2. The number of nitrogens with two attached hydrogens (primary N) is 1. The summed E-state index contributed by atoms with van der Waals surface area (Å²) in [4.78, 5) is 24.8. The first kappa shape index (κ1) is 23.0. The smallest absolute Gasteiger partial charge is 0.271 e. The standard InChI is InChI=1S/C25H19ClFN5O2/c26-21-12-17(8-11-19(21)20(14-28)15-4-2-1-3-5-15)30-25(34)22-13-23(24(29)33)32(31-22)18-9-6-16(27)7-10-18/h1-12,20,23H,13H2,(H2,29,33)(H,30,34). The van der Waals surface area contributed by atoms with Gasteiger partial charge < -0.3 is 11.1 Å². The summed E-state index contributed by atoms with van der Waals surface area (Å²) in [5.41, 5.74) is 7.84. The molecule has 0 saturated carbocycles. The zero-order valence-electron chi connectivity index (χ0n) is 17.8. The second-order valence-electron chi connectivity index (χ2n) is 7.65. The van der Waals surface area contributed by atoms with Gasteiger partial charge in [-0.1, -0.05) is 48.0 Å². The molecular weight excluding hydrogens is 457 g/mol. The van der Waals surface area contributed by atoms with Crippen LogP contribution in [-0.2, 0) is 9.59 Å². The Morgan fingerprint density at radius 1 is 1.15 bits per heavy atom. The Morgan fingerprint density at radius 3 is 2.47 bits per heavy atom. The molecule has 0 spiro atoms. The number of primary amides is 1. The number of hydrogen-bond acceptors (Lipinski definition) is 5. The molecule has 9 heteroatoms. The van der Waals surface area contributed by atoms with Crippen LogP contribution in [0.4, 0.5) is 15.8 Å². The van der Waals surface area contributed by atoms with Crippen molar-refractivity contribution < 1.29 is 14.0 Å². The molecule has 0 saturated heterocycles. The van der Waals surface area contributed by atoms with Gasteiger partial charge >= 0.3 is 0 Å². The van der Waals surface area contributed by atoms with E-state index in [1.54, 1.807) is 18.2 Å². The number of rotatable bonds is 6. The first-order valence-electron chi connectivity index (χ1n) is 10.3. The summed E-state index contributed by atoms with van der Waals surface area (Å²) < 4.78 is 13.3. The number of halogens is 2. The Kier molecular flexibility index (Phi) is 6.57. The minimum absolute atomic E-state index is 0.00509. The van der Waals surface area contributed by atoms with Crippen LogP contribution < -0.4 is 16.1 Å². The average Bonchev–Trinajstić information content (AvgIpc) is 3.28. The van der Waals surface area contributed by atoms with E-state index in [1.165, 1.54) is 29.3 Å². The molecule has 7 nitrogen and oxygen atoms in total. The maximum Gasteiger partial charge on any atom is 0.271 e. The summed E-state index contributed by atoms with van der Waals surface area (Å²) in [7, 11) is 0. The number of nitriles is 1. The van der Waals surface area contributed by atoms with Crippen LogP contribution in [0.1, 0.15) is 23.5 Å². The molecule has 2 unspecified atom stereocenters. The second-order valence-corrected chi connectivity index (χ2v) is 8.06. The van der Waals surface area contributed by atoms with Crippen LogP contribution in [-0.4, -0.2) is 23.6 Å². The zero-order chi connectivity index (χ0) is 24.2. The summed E-state index contributed by atoms with van der Waals surface area (Å²) in [6.45, 7) is 0. The lowest BCUT2D eigenvalue weighted by atomic mass is 9.92. The fourth-order valence-electron chi connectivity index (χ4n) is 3.71. The predicted molar refractivity (Wildman–Crippen MR) is 128 cm³/mol. The number of nitrogens with zero attached hydrogens (tertiary/aromatic N) is 3. The Hall–Kier alpha value is -4.22. The fourth-order valence-corrected chi connectivity index (χ4v) is 4.00. The molecule has 170 valence electrons. The summed E-state index contributed by atoms with van der Waals surface area (Å²) >= 11 is 6.44. The summed E-state index contributed by atoms with van der Waals surface area (Å²) in [5.74, 6) is -2.18. The Bertz CT molecular complexity index is 1310. The number of hydrogen-bond donors (Lipinski definition) is 2. The third-order valence-electron chi connectivity index (χ3n) is 5.42. The van der Waals surface area contributed by atoms with Gasteiger partial charge in [-0.3, -0.25) is 14.6 Å². The Morgan fingerprint density at radius 2 is 1.85 bits per heavy atom. The maximum atomic E-state index is 13.3. The molecule has 3 aromatic rings. The van der Waals surface area contributed by atoms with Crippen molar-refractivity contribution in [1.82, 2.24) is 0 Å². The number of amides is 2. The number of anilines is 2. The molecule has 3 aromatic carbocycles. The molecule has 2 atom stereocenters. The van der Waals surface area contributed by atoms with E-state index < -0.39 is 29.6 Å². The largest absolute Gasteiger partial charge is 0.368 e. The first-order valence-corrected chi connectivity index (χ1v) is 10.7. The number of hydrazone groups is 1. The van der Waals surface area contributed by atoms with E-state index >= 15 is 0 Å². The number of carbonyl (C=O) groups is 2. The molecule has 1 heterocycles. The van der Waals surface area contributed by atoms with Gasteiger partial charge in [0, 0.05) is 17.1 Å². The van der Waals surface area contributed by atoms with Gasteiger partial charge in [0.05, 0.1) is 17.7 Å². The lowest BCUT2D eigenvalue weighted by Gasteiger charge is -2.20.